The number of ether oxygens (including phenoxy) is 1. The van der Waals surface area contributed by atoms with Crippen molar-refractivity contribution in [2.75, 3.05) is 25.9 Å². The molecule has 21 heavy (non-hydrogen) atoms. The second-order valence-corrected chi connectivity index (χ2v) is 7.33. The van der Waals surface area contributed by atoms with Crippen LogP contribution in [0.2, 0.25) is 0 Å². The van der Waals surface area contributed by atoms with Crippen LogP contribution in [0.5, 0.6) is 5.75 Å². The van der Waals surface area contributed by atoms with Crippen LogP contribution >= 0.6 is 0 Å². The van der Waals surface area contributed by atoms with E-state index in [1.807, 2.05) is 12.1 Å². The highest BCUT2D eigenvalue weighted by Crippen LogP contribution is 2.34. The molecule has 1 heterocycles. The number of hydrogen-bond acceptors (Lipinski definition) is 3. The molecule has 1 aromatic carbocycles. The standard InChI is InChI=1S/C18H30N2O/c1-18(2,3)15-6-5-10-20(11-9-15)13-14-12-16(21-4)7-8-17(14)19/h7-8,12,15H,5-6,9-11,13,19H2,1-4H3. The van der Waals surface area contributed by atoms with Gasteiger partial charge in [-0.2, -0.15) is 0 Å². The molecule has 0 radical (unpaired) electrons. The molecule has 1 aliphatic heterocycles. The third-order valence-electron chi connectivity index (χ3n) is 4.79. The Balaban J connectivity index is 2.01. The Labute approximate surface area is 129 Å². The minimum absolute atomic E-state index is 0.422. The lowest BCUT2D eigenvalue weighted by Crippen LogP contribution is -2.26. The molecule has 2 N–H and O–H groups in total. The maximum atomic E-state index is 6.11. The highest BCUT2D eigenvalue weighted by Gasteiger charge is 2.27. The number of likely N-dealkylation sites (tertiary alicyclic amines) is 1. The van der Waals surface area contributed by atoms with Crippen molar-refractivity contribution in [3.8, 4) is 5.75 Å². The number of nitrogen functional groups attached to an aromatic ring is 1. The molecule has 1 saturated heterocycles. The van der Waals surface area contributed by atoms with Crippen LogP contribution in [0.15, 0.2) is 18.2 Å². The predicted molar refractivity (Wildman–Crippen MR) is 89.5 cm³/mol. The third-order valence-corrected chi connectivity index (χ3v) is 4.79. The van der Waals surface area contributed by atoms with Crippen LogP contribution in [0.25, 0.3) is 0 Å². The largest absolute Gasteiger partial charge is 0.497 e. The highest BCUT2D eigenvalue weighted by molar-refractivity contribution is 5.50. The summed E-state index contributed by atoms with van der Waals surface area (Å²) < 4.78 is 5.31. The average Bonchev–Trinajstić information content (AvgIpc) is 2.66. The summed E-state index contributed by atoms with van der Waals surface area (Å²) in [5, 5.41) is 0. The van der Waals surface area contributed by atoms with Crippen molar-refractivity contribution >= 4 is 5.69 Å². The number of methoxy groups -OCH3 is 1. The van der Waals surface area contributed by atoms with E-state index in [9.17, 15) is 0 Å². The van der Waals surface area contributed by atoms with E-state index in [2.05, 4.69) is 31.7 Å². The minimum Gasteiger partial charge on any atom is -0.497 e. The Hall–Kier alpha value is -1.22. The summed E-state index contributed by atoms with van der Waals surface area (Å²) in [5.41, 5.74) is 8.59. The fourth-order valence-corrected chi connectivity index (χ4v) is 3.27. The summed E-state index contributed by atoms with van der Waals surface area (Å²) >= 11 is 0. The van der Waals surface area contributed by atoms with Gasteiger partial charge in [0, 0.05) is 12.2 Å². The van der Waals surface area contributed by atoms with Gasteiger partial charge >= 0.3 is 0 Å². The molecular weight excluding hydrogens is 260 g/mol. The van der Waals surface area contributed by atoms with Crippen molar-refractivity contribution in [1.82, 2.24) is 4.90 Å². The molecule has 1 fully saturated rings. The Morgan fingerprint density at radius 1 is 1.24 bits per heavy atom. The molecule has 1 aromatic rings. The zero-order valence-electron chi connectivity index (χ0n) is 14.0. The Kier molecular flexibility index (Phi) is 5.15. The van der Waals surface area contributed by atoms with Crippen molar-refractivity contribution in [2.24, 2.45) is 11.3 Å². The van der Waals surface area contributed by atoms with Gasteiger partial charge in [0.25, 0.3) is 0 Å². The molecule has 2 rings (SSSR count). The Bertz CT molecular complexity index is 465. The molecule has 0 aliphatic carbocycles. The predicted octanol–water partition coefficient (Wildman–Crippen LogP) is 3.93. The van der Waals surface area contributed by atoms with Gasteiger partial charge in [0.1, 0.15) is 5.75 Å². The smallest absolute Gasteiger partial charge is 0.119 e. The van der Waals surface area contributed by atoms with E-state index < -0.39 is 0 Å². The van der Waals surface area contributed by atoms with Gasteiger partial charge in [0.2, 0.25) is 0 Å². The quantitative estimate of drug-likeness (QED) is 0.857. The van der Waals surface area contributed by atoms with E-state index in [0.717, 1.165) is 23.9 Å². The lowest BCUT2D eigenvalue weighted by molar-refractivity contribution is 0.206. The van der Waals surface area contributed by atoms with E-state index in [-0.39, 0.29) is 0 Å². The van der Waals surface area contributed by atoms with Crippen molar-refractivity contribution in [3.05, 3.63) is 23.8 Å². The van der Waals surface area contributed by atoms with E-state index in [4.69, 9.17) is 10.5 Å². The van der Waals surface area contributed by atoms with Gasteiger partial charge in [-0.05, 0) is 67.4 Å². The Morgan fingerprint density at radius 2 is 2.00 bits per heavy atom. The van der Waals surface area contributed by atoms with Crippen LogP contribution in [0.3, 0.4) is 0 Å². The molecule has 0 spiro atoms. The number of hydrogen-bond donors (Lipinski definition) is 1. The fourth-order valence-electron chi connectivity index (χ4n) is 3.27. The van der Waals surface area contributed by atoms with Gasteiger partial charge < -0.3 is 10.5 Å². The summed E-state index contributed by atoms with van der Waals surface area (Å²) in [5.74, 6) is 1.71. The monoisotopic (exact) mass is 290 g/mol. The molecule has 0 aromatic heterocycles. The first kappa shape index (κ1) is 16.2. The molecule has 1 unspecified atom stereocenters. The van der Waals surface area contributed by atoms with Crippen LogP contribution in [0.1, 0.15) is 45.6 Å². The summed E-state index contributed by atoms with van der Waals surface area (Å²) in [7, 11) is 1.70. The van der Waals surface area contributed by atoms with E-state index in [1.165, 1.54) is 37.9 Å². The summed E-state index contributed by atoms with van der Waals surface area (Å²) in [6.07, 6.45) is 3.91. The number of anilines is 1. The van der Waals surface area contributed by atoms with E-state index in [0.29, 0.717) is 5.41 Å². The van der Waals surface area contributed by atoms with Crippen molar-refractivity contribution in [1.29, 1.82) is 0 Å². The molecular formula is C18H30N2O. The van der Waals surface area contributed by atoms with Crippen molar-refractivity contribution < 1.29 is 4.74 Å². The van der Waals surface area contributed by atoms with E-state index >= 15 is 0 Å². The normalized spacial score (nSPS) is 21.0. The fraction of sp³-hybridized carbons (Fsp3) is 0.667. The number of rotatable bonds is 3. The number of benzene rings is 1. The van der Waals surface area contributed by atoms with Gasteiger partial charge in [0.05, 0.1) is 7.11 Å². The van der Waals surface area contributed by atoms with Crippen LogP contribution < -0.4 is 10.5 Å². The maximum Gasteiger partial charge on any atom is 0.119 e. The lowest BCUT2D eigenvalue weighted by atomic mass is 9.77. The first-order chi connectivity index (χ1) is 9.90. The van der Waals surface area contributed by atoms with Gasteiger partial charge in [-0.25, -0.2) is 0 Å². The zero-order valence-corrected chi connectivity index (χ0v) is 14.0. The number of nitrogens with two attached hydrogens (primary N) is 1. The highest BCUT2D eigenvalue weighted by atomic mass is 16.5. The molecule has 0 bridgehead atoms. The van der Waals surface area contributed by atoms with Gasteiger partial charge in [-0.3, -0.25) is 4.90 Å². The van der Waals surface area contributed by atoms with Crippen molar-refractivity contribution in [3.63, 3.8) is 0 Å². The van der Waals surface area contributed by atoms with E-state index in [1.54, 1.807) is 7.11 Å². The molecule has 3 nitrogen and oxygen atoms in total. The second-order valence-electron chi connectivity index (χ2n) is 7.33. The molecule has 0 amide bonds. The zero-order chi connectivity index (χ0) is 15.5. The molecule has 0 saturated carbocycles. The summed E-state index contributed by atoms with van der Waals surface area (Å²) in [4.78, 5) is 2.54. The summed E-state index contributed by atoms with van der Waals surface area (Å²) in [6, 6.07) is 5.95. The van der Waals surface area contributed by atoms with Crippen LogP contribution in [-0.4, -0.2) is 25.1 Å². The molecule has 1 atom stereocenters. The minimum atomic E-state index is 0.422. The lowest BCUT2D eigenvalue weighted by Gasteiger charge is -2.29. The topological polar surface area (TPSA) is 38.5 Å². The maximum absolute atomic E-state index is 6.11. The molecule has 118 valence electrons. The second kappa shape index (κ2) is 6.69. The average molecular weight is 290 g/mol. The molecule has 3 heteroatoms. The van der Waals surface area contributed by atoms with Crippen LogP contribution in [0.4, 0.5) is 5.69 Å². The van der Waals surface area contributed by atoms with Gasteiger partial charge in [-0.1, -0.05) is 20.8 Å². The SMILES string of the molecule is COc1ccc(N)c(CN2CCCC(C(C)(C)C)CC2)c1. The van der Waals surface area contributed by atoms with Crippen molar-refractivity contribution in [2.45, 2.75) is 46.6 Å². The van der Waals surface area contributed by atoms with Gasteiger partial charge in [-0.15, -0.1) is 0 Å². The first-order valence-corrected chi connectivity index (χ1v) is 8.05. The Morgan fingerprint density at radius 3 is 2.67 bits per heavy atom. The van der Waals surface area contributed by atoms with Crippen LogP contribution in [0, 0.1) is 11.3 Å². The summed E-state index contributed by atoms with van der Waals surface area (Å²) in [6.45, 7) is 10.4. The number of nitrogens with zero attached hydrogens (tertiary/aromatic N) is 1. The third kappa shape index (κ3) is 4.37. The first-order valence-electron chi connectivity index (χ1n) is 8.05. The van der Waals surface area contributed by atoms with Gasteiger partial charge in [0.15, 0.2) is 0 Å². The molecule has 1 aliphatic rings. The van der Waals surface area contributed by atoms with Crippen LogP contribution in [-0.2, 0) is 6.54 Å².